The predicted octanol–water partition coefficient (Wildman–Crippen LogP) is 3.71. The Kier molecular flexibility index (Phi) is 5.02. The van der Waals surface area contributed by atoms with Crippen LogP contribution in [0.4, 0.5) is 4.39 Å². The van der Waals surface area contributed by atoms with Gasteiger partial charge in [0.25, 0.3) is 0 Å². The van der Waals surface area contributed by atoms with Gasteiger partial charge in [-0.15, -0.1) is 0 Å². The van der Waals surface area contributed by atoms with Crippen molar-refractivity contribution in [2.24, 2.45) is 0 Å². The molecule has 0 spiro atoms. The van der Waals surface area contributed by atoms with Gasteiger partial charge in [-0.2, -0.15) is 0 Å². The van der Waals surface area contributed by atoms with Crippen molar-refractivity contribution >= 4 is 24.8 Å². The molecule has 1 aromatic rings. The van der Waals surface area contributed by atoms with Crippen LogP contribution < -0.4 is 5.32 Å². The number of hydrogen-bond acceptors (Lipinski definition) is 3. The largest absolute Gasteiger partial charge is 0.491 e. The molecule has 3 nitrogen and oxygen atoms in total. The summed E-state index contributed by atoms with van der Waals surface area (Å²) in [5.74, 6) is -0.364. The minimum Gasteiger partial charge on any atom is -0.400 e. The molecule has 0 amide bonds. The smallest absolute Gasteiger partial charge is 0.400 e. The zero-order chi connectivity index (χ0) is 16.5. The highest BCUT2D eigenvalue weighted by Crippen LogP contribution is 2.38. The van der Waals surface area contributed by atoms with Gasteiger partial charge in [-0.3, -0.25) is 0 Å². The predicted molar refractivity (Wildman–Crippen MR) is 89.4 cm³/mol. The molecule has 0 atom stereocenters. The fourth-order valence-corrected chi connectivity index (χ4v) is 2.50. The average Bonchev–Trinajstić information content (AvgIpc) is 2.56. The highest BCUT2D eigenvalue weighted by atomic mass is 35.5. The first kappa shape index (κ1) is 17.5. The Morgan fingerprint density at radius 2 is 1.82 bits per heavy atom. The lowest BCUT2D eigenvalue weighted by Gasteiger charge is -2.32. The number of likely N-dealkylation sites (N-methyl/N-ethyl adjacent to an activating group) is 1. The summed E-state index contributed by atoms with van der Waals surface area (Å²) >= 11 is 5.91. The zero-order valence-corrected chi connectivity index (χ0v) is 14.4. The molecule has 22 heavy (non-hydrogen) atoms. The molecule has 0 aliphatic carbocycles. The maximum atomic E-state index is 13.5. The summed E-state index contributed by atoms with van der Waals surface area (Å²) in [6.45, 7) is 8.59. The van der Waals surface area contributed by atoms with Gasteiger partial charge in [-0.05, 0) is 64.0 Å². The summed E-state index contributed by atoms with van der Waals surface area (Å²) in [6, 6.07) is 4.43. The Morgan fingerprint density at radius 3 is 2.32 bits per heavy atom. The van der Waals surface area contributed by atoms with Crippen LogP contribution in [0.2, 0.25) is 5.02 Å². The van der Waals surface area contributed by atoms with Crippen LogP contribution in [0.5, 0.6) is 0 Å². The standard InChI is InChI=1S/C16H22BClFNO2/c1-15(2)16(3,4)22-17(21-15)12(10-20-5)6-11-7-13(18)9-14(19)8-11/h6-9,20H,10H2,1-5H3. The van der Waals surface area contributed by atoms with Gasteiger partial charge in [-0.25, -0.2) is 4.39 Å². The Balaban J connectivity index is 2.33. The average molecular weight is 326 g/mol. The van der Waals surface area contributed by atoms with Gasteiger partial charge in [0.1, 0.15) is 5.82 Å². The Labute approximate surface area is 137 Å². The van der Waals surface area contributed by atoms with Crippen molar-refractivity contribution in [2.45, 2.75) is 38.9 Å². The van der Waals surface area contributed by atoms with Crippen molar-refractivity contribution in [3.8, 4) is 0 Å². The highest BCUT2D eigenvalue weighted by molar-refractivity contribution is 6.56. The van der Waals surface area contributed by atoms with Crippen LogP contribution in [-0.2, 0) is 9.31 Å². The van der Waals surface area contributed by atoms with Crippen molar-refractivity contribution in [3.05, 3.63) is 40.1 Å². The number of benzene rings is 1. The molecule has 1 fully saturated rings. The normalized spacial score (nSPS) is 20.5. The van der Waals surface area contributed by atoms with Crippen molar-refractivity contribution in [1.82, 2.24) is 5.32 Å². The molecule has 0 saturated carbocycles. The van der Waals surface area contributed by atoms with Gasteiger partial charge in [0.2, 0.25) is 0 Å². The van der Waals surface area contributed by atoms with E-state index >= 15 is 0 Å². The summed E-state index contributed by atoms with van der Waals surface area (Å²) in [4.78, 5) is 0. The van der Waals surface area contributed by atoms with E-state index in [1.54, 1.807) is 6.07 Å². The minimum absolute atomic E-state index is 0.364. The maximum Gasteiger partial charge on any atom is 0.491 e. The molecule has 1 saturated heterocycles. The number of nitrogens with one attached hydrogen (secondary N) is 1. The van der Waals surface area contributed by atoms with Gasteiger partial charge in [-0.1, -0.05) is 17.7 Å². The topological polar surface area (TPSA) is 30.5 Å². The fraction of sp³-hybridized carbons (Fsp3) is 0.500. The molecule has 0 unspecified atom stereocenters. The molecular weight excluding hydrogens is 303 g/mol. The van der Waals surface area contributed by atoms with E-state index in [1.807, 2.05) is 40.8 Å². The zero-order valence-electron chi connectivity index (χ0n) is 13.7. The van der Waals surface area contributed by atoms with Gasteiger partial charge >= 0.3 is 7.12 Å². The van der Waals surface area contributed by atoms with E-state index < -0.39 is 18.3 Å². The van der Waals surface area contributed by atoms with E-state index in [9.17, 15) is 4.39 Å². The summed E-state index contributed by atoms with van der Waals surface area (Å²) < 4.78 is 25.6. The molecular formula is C16H22BClFNO2. The highest BCUT2D eigenvalue weighted by Gasteiger charge is 2.52. The van der Waals surface area contributed by atoms with Crippen LogP contribution in [0, 0.1) is 5.82 Å². The van der Waals surface area contributed by atoms with Crippen molar-refractivity contribution in [3.63, 3.8) is 0 Å². The third-order valence-electron chi connectivity index (χ3n) is 4.17. The Morgan fingerprint density at radius 1 is 1.23 bits per heavy atom. The molecule has 1 aromatic carbocycles. The number of hydrogen-bond donors (Lipinski definition) is 1. The van der Waals surface area contributed by atoms with Crippen LogP contribution in [0.3, 0.4) is 0 Å². The first-order valence-electron chi connectivity index (χ1n) is 7.31. The second-order valence-corrected chi connectivity index (χ2v) is 6.98. The molecule has 0 radical (unpaired) electrons. The van der Waals surface area contributed by atoms with E-state index in [2.05, 4.69) is 5.32 Å². The molecule has 0 aromatic heterocycles. The first-order chi connectivity index (χ1) is 10.1. The number of rotatable bonds is 4. The molecule has 120 valence electrons. The molecule has 1 N–H and O–H groups in total. The molecule has 6 heteroatoms. The third-order valence-corrected chi connectivity index (χ3v) is 4.39. The molecule has 0 bridgehead atoms. The van der Waals surface area contributed by atoms with Gasteiger partial charge < -0.3 is 14.6 Å². The van der Waals surface area contributed by atoms with E-state index in [0.717, 1.165) is 5.47 Å². The third kappa shape index (κ3) is 3.71. The van der Waals surface area contributed by atoms with Gasteiger partial charge in [0.05, 0.1) is 11.2 Å². The van der Waals surface area contributed by atoms with Crippen LogP contribution in [0.1, 0.15) is 33.3 Å². The lowest BCUT2D eigenvalue weighted by Crippen LogP contribution is -2.41. The van der Waals surface area contributed by atoms with Crippen molar-refractivity contribution in [2.75, 3.05) is 13.6 Å². The second-order valence-electron chi connectivity index (χ2n) is 6.54. The van der Waals surface area contributed by atoms with Crippen LogP contribution in [0.15, 0.2) is 23.7 Å². The van der Waals surface area contributed by atoms with Crippen molar-refractivity contribution in [1.29, 1.82) is 0 Å². The first-order valence-corrected chi connectivity index (χ1v) is 7.69. The summed E-state index contributed by atoms with van der Waals surface area (Å²) in [7, 11) is 1.37. The van der Waals surface area contributed by atoms with Gasteiger partial charge in [0.15, 0.2) is 0 Å². The van der Waals surface area contributed by atoms with Crippen LogP contribution >= 0.6 is 11.6 Å². The maximum absolute atomic E-state index is 13.5. The minimum atomic E-state index is -0.473. The summed E-state index contributed by atoms with van der Waals surface area (Å²) in [5.41, 5.74) is 0.751. The van der Waals surface area contributed by atoms with Gasteiger partial charge in [0, 0.05) is 11.6 Å². The molecule has 1 aliphatic rings. The van der Waals surface area contributed by atoms with Crippen LogP contribution in [0.25, 0.3) is 6.08 Å². The second kappa shape index (κ2) is 6.32. The Hall–Kier alpha value is -0.875. The van der Waals surface area contributed by atoms with E-state index in [0.29, 0.717) is 17.1 Å². The van der Waals surface area contributed by atoms with E-state index in [-0.39, 0.29) is 5.82 Å². The monoisotopic (exact) mass is 325 g/mol. The fourth-order valence-electron chi connectivity index (χ4n) is 2.27. The van der Waals surface area contributed by atoms with Crippen molar-refractivity contribution < 1.29 is 13.7 Å². The van der Waals surface area contributed by atoms with E-state index in [4.69, 9.17) is 20.9 Å². The summed E-state index contributed by atoms with van der Waals surface area (Å²) in [6.07, 6.45) is 1.85. The summed E-state index contributed by atoms with van der Waals surface area (Å²) in [5, 5.41) is 3.46. The number of halogens is 2. The molecule has 2 rings (SSSR count). The quantitative estimate of drug-likeness (QED) is 0.856. The Bertz CT molecular complexity index is 553. The lowest BCUT2D eigenvalue weighted by molar-refractivity contribution is 0.00578. The lowest BCUT2D eigenvalue weighted by atomic mass is 9.77. The van der Waals surface area contributed by atoms with Crippen LogP contribution in [-0.4, -0.2) is 31.9 Å². The SMILES string of the molecule is CNCC(=Cc1cc(F)cc(Cl)c1)B1OC(C)(C)C(C)(C)O1. The van der Waals surface area contributed by atoms with E-state index in [1.165, 1.54) is 12.1 Å². The molecule has 1 aliphatic heterocycles. The molecule has 1 heterocycles.